The first-order valence-corrected chi connectivity index (χ1v) is 5.47. The topological polar surface area (TPSA) is 41.1 Å². The quantitative estimate of drug-likeness (QED) is 0.793. The lowest BCUT2D eigenvalue weighted by atomic mass is 9.99. The SMILES string of the molecule is CC1CC(Nc2cncnc2)CCN1C. The second kappa shape index (κ2) is 4.57. The minimum atomic E-state index is 0.558. The molecule has 1 aliphatic rings. The number of rotatable bonds is 2. The van der Waals surface area contributed by atoms with Crippen LogP contribution >= 0.6 is 0 Å². The van der Waals surface area contributed by atoms with Crippen LogP contribution in [0.5, 0.6) is 0 Å². The Hall–Kier alpha value is -1.16. The number of likely N-dealkylation sites (tertiary alicyclic amines) is 1. The van der Waals surface area contributed by atoms with Gasteiger partial charge in [0.2, 0.25) is 0 Å². The summed E-state index contributed by atoms with van der Waals surface area (Å²) in [6, 6.07) is 1.21. The van der Waals surface area contributed by atoms with E-state index in [9.17, 15) is 0 Å². The van der Waals surface area contributed by atoms with E-state index in [2.05, 4.69) is 34.2 Å². The van der Waals surface area contributed by atoms with Crippen LogP contribution in [0.2, 0.25) is 0 Å². The van der Waals surface area contributed by atoms with E-state index in [4.69, 9.17) is 0 Å². The van der Waals surface area contributed by atoms with E-state index in [-0.39, 0.29) is 0 Å². The molecule has 0 aliphatic carbocycles. The van der Waals surface area contributed by atoms with Crippen molar-refractivity contribution in [1.82, 2.24) is 14.9 Å². The normalized spacial score (nSPS) is 27.6. The van der Waals surface area contributed by atoms with E-state index in [1.54, 1.807) is 6.33 Å². The molecule has 2 atom stereocenters. The van der Waals surface area contributed by atoms with Gasteiger partial charge in [-0.1, -0.05) is 0 Å². The first-order chi connectivity index (χ1) is 7.25. The minimum absolute atomic E-state index is 0.558. The molecule has 0 aromatic carbocycles. The number of piperidine rings is 1. The Morgan fingerprint density at radius 1 is 1.40 bits per heavy atom. The molecule has 0 amide bonds. The predicted molar refractivity (Wildman–Crippen MR) is 60.8 cm³/mol. The largest absolute Gasteiger partial charge is 0.380 e. The molecule has 4 heteroatoms. The fourth-order valence-electron chi connectivity index (χ4n) is 2.03. The third kappa shape index (κ3) is 2.65. The Morgan fingerprint density at radius 3 is 2.80 bits per heavy atom. The number of nitrogens with zero attached hydrogens (tertiary/aromatic N) is 3. The molecule has 1 aliphatic heterocycles. The van der Waals surface area contributed by atoms with Crippen molar-refractivity contribution < 1.29 is 0 Å². The van der Waals surface area contributed by atoms with Gasteiger partial charge in [0.05, 0.1) is 18.1 Å². The molecule has 2 heterocycles. The molecule has 15 heavy (non-hydrogen) atoms. The lowest BCUT2D eigenvalue weighted by molar-refractivity contribution is 0.190. The molecule has 1 N–H and O–H groups in total. The lowest BCUT2D eigenvalue weighted by Crippen LogP contribution is -2.42. The van der Waals surface area contributed by atoms with E-state index < -0.39 is 0 Å². The van der Waals surface area contributed by atoms with Crippen LogP contribution in [0.1, 0.15) is 19.8 Å². The number of hydrogen-bond donors (Lipinski definition) is 1. The van der Waals surface area contributed by atoms with E-state index in [0.717, 1.165) is 12.2 Å². The molecular formula is C11H18N4. The first kappa shape index (κ1) is 10.4. The molecule has 1 saturated heterocycles. The summed E-state index contributed by atoms with van der Waals surface area (Å²) in [5, 5.41) is 3.48. The van der Waals surface area contributed by atoms with Gasteiger partial charge in [-0.3, -0.25) is 0 Å². The zero-order valence-electron chi connectivity index (χ0n) is 9.35. The van der Waals surface area contributed by atoms with Crippen molar-refractivity contribution in [3.63, 3.8) is 0 Å². The third-order valence-electron chi connectivity index (χ3n) is 3.14. The highest BCUT2D eigenvalue weighted by Gasteiger charge is 2.22. The zero-order chi connectivity index (χ0) is 10.7. The van der Waals surface area contributed by atoms with Gasteiger partial charge >= 0.3 is 0 Å². The van der Waals surface area contributed by atoms with Gasteiger partial charge in [-0.25, -0.2) is 9.97 Å². The van der Waals surface area contributed by atoms with Gasteiger partial charge in [-0.15, -0.1) is 0 Å². The van der Waals surface area contributed by atoms with Crippen molar-refractivity contribution in [2.45, 2.75) is 31.8 Å². The van der Waals surface area contributed by atoms with E-state index in [0.29, 0.717) is 12.1 Å². The van der Waals surface area contributed by atoms with Crippen LogP contribution in [0, 0.1) is 0 Å². The fraction of sp³-hybridized carbons (Fsp3) is 0.636. The highest BCUT2D eigenvalue weighted by atomic mass is 15.1. The monoisotopic (exact) mass is 206 g/mol. The van der Waals surface area contributed by atoms with Crippen LogP contribution in [-0.4, -0.2) is 40.5 Å². The summed E-state index contributed by atoms with van der Waals surface area (Å²) >= 11 is 0. The van der Waals surface area contributed by atoms with E-state index in [1.165, 1.54) is 12.8 Å². The van der Waals surface area contributed by atoms with E-state index >= 15 is 0 Å². The molecule has 4 nitrogen and oxygen atoms in total. The maximum Gasteiger partial charge on any atom is 0.115 e. The van der Waals surface area contributed by atoms with Crippen molar-refractivity contribution >= 4 is 5.69 Å². The molecule has 1 fully saturated rings. The summed E-state index contributed by atoms with van der Waals surface area (Å²) in [5.41, 5.74) is 1.03. The van der Waals surface area contributed by atoms with Crippen LogP contribution in [0.25, 0.3) is 0 Å². The number of nitrogens with one attached hydrogen (secondary N) is 1. The maximum atomic E-state index is 4.00. The Bertz CT molecular complexity index is 301. The Morgan fingerprint density at radius 2 is 2.13 bits per heavy atom. The second-order valence-corrected chi connectivity index (χ2v) is 4.32. The molecular weight excluding hydrogens is 188 g/mol. The number of hydrogen-bond acceptors (Lipinski definition) is 4. The van der Waals surface area contributed by atoms with Gasteiger partial charge in [0, 0.05) is 18.6 Å². The highest BCUT2D eigenvalue weighted by molar-refractivity contribution is 5.38. The lowest BCUT2D eigenvalue weighted by Gasteiger charge is -2.35. The first-order valence-electron chi connectivity index (χ1n) is 5.47. The van der Waals surface area contributed by atoms with Gasteiger partial charge < -0.3 is 10.2 Å². The summed E-state index contributed by atoms with van der Waals surface area (Å²) in [6.07, 6.45) is 7.59. The molecule has 0 spiro atoms. The number of anilines is 1. The standard InChI is InChI=1S/C11H18N4/c1-9-5-10(3-4-15(9)2)14-11-6-12-8-13-7-11/h6-10,14H,3-5H2,1-2H3. The predicted octanol–water partition coefficient (Wildman–Crippen LogP) is 1.37. The average molecular weight is 206 g/mol. The smallest absolute Gasteiger partial charge is 0.115 e. The minimum Gasteiger partial charge on any atom is -0.380 e. The number of aromatic nitrogens is 2. The molecule has 82 valence electrons. The van der Waals surface area contributed by atoms with E-state index in [1.807, 2.05) is 12.4 Å². The molecule has 1 aromatic heterocycles. The fourth-order valence-corrected chi connectivity index (χ4v) is 2.03. The average Bonchev–Trinajstić information content (AvgIpc) is 2.25. The van der Waals surface area contributed by atoms with Crippen molar-refractivity contribution in [1.29, 1.82) is 0 Å². The molecule has 0 bridgehead atoms. The van der Waals surface area contributed by atoms with Crippen molar-refractivity contribution in [3.05, 3.63) is 18.7 Å². The van der Waals surface area contributed by atoms with Crippen LogP contribution in [0.15, 0.2) is 18.7 Å². The molecule has 1 aromatic rings. The van der Waals surface area contributed by atoms with Gasteiger partial charge in [0.25, 0.3) is 0 Å². The van der Waals surface area contributed by atoms with Crippen molar-refractivity contribution in [2.24, 2.45) is 0 Å². The van der Waals surface area contributed by atoms with Crippen LogP contribution in [-0.2, 0) is 0 Å². The summed E-state index contributed by atoms with van der Waals surface area (Å²) in [7, 11) is 2.19. The zero-order valence-corrected chi connectivity index (χ0v) is 9.35. The second-order valence-electron chi connectivity index (χ2n) is 4.32. The molecule has 0 saturated carbocycles. The van der Waals surface area contributed by atoms with Crippen molar-refractivity contribution in [3.8, 4) is 0 Å². The van der Waals surface area contributed by atoms with Gasteiger partial charge in [-0.05, 0) is 26.8 Å². The Labute approximate surface area is 90.7 Å². The summed E-state index contributed by atoms with van der Waals surface area (Å²) in [5.74, 6) is 0. The van der Waals surface area contributed by atoms with Crippen LogP contribution in [0.4, 0.5) is 5.69 Å². The molecule has 2 unspecified atom stereocenters. The highest BCUT2D eigenvalue weighted by Crippen LogP contribution is 2.18. The third-order valence-corrected chi connectivity index (χ3v) is 3.14. The van der Waals surface area contributed by atoms with Gasteiger partial charge in [0.15, 0.2) is 0 Å². The van der Waals surface area contributed by atoms with Gasteiger partial charge in [-0.2, -0.15) is 0 Å². The maximum absolute atomic E-state index is 4.00. The summed E-state index contributed by atoms with van der Waals surface area (Å²) in [4.78, 5) is 10.4. The van der Waals surface area contributed by atoms with Gasteiger partial charge in [0.1, 0.15) is 6.33 Å². The Balaban J connectivity index is 1.91. The summed E-state index contributed by atoms with van der Waals surface area (Å²) in [6.45, 7) is 3.43. The summed E-state index contributed by atoms with van der Waals surface area (Å²) < 4.78 is 0. The Kier molecular flexibility index (Phi) is 3.16. The molecule has 2 rings (SSSR count). The van der Waals surface area contributed by atoms with Crippen molar-refractivity contribution in [2.75, 3.05) is 18.9 Å². The van der Waals surface area contributed by atoms with Crippen LogP contribution in [0.3, 0.4) is 0 Å². The molecule has 0 radical (unpaired) electrons. The van der Waals surface area contributed by atoms with Crippen LogP contribution < -0.4 is 5.32 Å².